The number of aliphatic hydroxyl groups is 2. The smallest absolute Gasteiger partial charge is 0.407 e. The van der Waals surface area contributed by atoms with Crippen molar-refractivity contribution in [1.29, 1.82) is 0 Å². The zero-order valence-corrected chi connectivity index (χ0v) is 21.0. The van der Waals surface area contributed by atoms with Gasteiger partial charge >= 0.3 is 12.2 Å². The summed E-state index contributed by atoms with van der Waals surface area (Å²) in [5, 5.41) is 27.4. The SMILES string of the molecule is O=C(N[C@H]1[C@H](O)[C@H](O)[C@H](NC(=O)OCc2ccccc2)[C@H]2OC3(CCCCC3)O[C@H]12)OCc1ccccc1. The number of amides is 2. The standard InChI is InChI=1S/C28H34N2O8/c31-22-20(29-26(33)35-16-18-10-4-1-5-11-18)24-25(38-28(37-24)14-8-3-9-15-28)21(23(22)32)30-27(34)36-17-19-12-6-2-7-13-19/h1-2,4-7,10-13,20-25,31-32H,3,8-9,14-17H2,(H,29,33)(H,30,34)/t20-,21-,22-,23+,24+,25+/m0/s1. The van der Waals surface area contributed by atoms with Gasteiger partial charge in [-0.05, 0) is 24.0 Å². The van der Waals surface area contributed by atoms with Gasteiger partial charge < -0.3 is 39.8 Å². The fourth-order valence-electron chi connectivity index (χ4n) is 5.49. The Bertz CT molecular complexity index is 999. The highest BCUT2D eigenvalue weighted by atomic mass is 16.8. The van der Waals surface area contributed by atoms with Crippen LogP contribution in [0, 0.1) is 0 Å². The van der Waals surface area contributed by atoms with Crippen molar-refractivity contribution >= 4 is 12.2 Å². The first-order valence-corrected chi connectivity index (χ1v) is 13.1. The lowest BCUT2D eigenvalue weighted by Crippen LogP contribution is -2.71. The van der Waals surface area contributed by atoms with Gasteiger partial charge in [0.2, 0.25) is 0 Å². The fraction of sp³-hybridized carbons (Fsp3) is 0.500. The van der Waals surface area contributed by atoms with E-state index in [1.165, 1.54) is 0 Å². The number of hydrogen-bond acceptors (Lipinski definition) is 8. The van der Waals surface area contributed by atoms with Crippen molar-refractivity contribution < 1.29 is 38.7 Å². The highest BCUT2D eigenvalue weighted by molar-refractivity contribution is 5.69. The Morgan fingerprint density at radius 1 is 0.737 bits per heavy atom. The van der Waals surface area contributed by atoms with Gasteiger partial charge in [0, 0.05) is 12.8 Å². The molecule has 204 valence electrons. The first-order chi connectivity index (χ1) is 18.4. The maximum Gasteiger partial charge on any atom is 0.407 e. The summed E-state index contributed by atoms with van der Waals surface area (Å²) in [7, 11) is 0. The third kappa shape index (κ3) is 5.94. The van der Waals surface area contributed by atoms with E-state index in [9.17, 15) is 19.8 Å². The van der Waals surface area contributed by atoms with Crippen LogP contribution in [-0.4, -0.2) is 64.7 Å². The quantitative estimate of drug-likeness (QED) is 0.451. The molecule has 5 rings (SSSR count). The third-order valence-electron chi connectivity index (χ3n) is 7.43. The minimum Gasteiger partial charge on any atom is -0.445 e. The average molecular weight is 527 g/mol. The second-order valence-electron chi connectivity index (χ2n) is 10.1. The molecule has 2 aromatic carbocycles. The van der Waals surface area contributed by atoms with Gasteiger partial charge in [0.25, 0.3) is 0 Å². The molecule has 2 aromatic rings. The number of aliphatic hydroxyl groups excluding tert-OH is 2. The van der Waals surface area contributed by atoms with E-state index in [1.54, 1.807) is 0 Å². The lowest BCUT2D eigenvalue weighted by Gasteiger charge is -2.43. The van der Waals surface area contributed by atoms with Crippen LogP contribution in [0.15, 0.2) is 60.7 Å². The molecule has 3 fully saturated rings. The number of nitrogens with one attached hydrogen (secondary N) is 2. The summed E-state index contributed by atoms with van der Waals surface area (Å²) >= 11 is 0. The normalized spacial score (nSPS) is 29.7. The van der Waals surface area contributed by atoms with Crippen molar-refractivity contribution in [2.75, 3.05) is 0 Å². The monoisotopic (exact) mass is 526 g/mol. The summed E-state index contributed by atoms with van der Waals surface area (Å²) in [4.78, 5) is 25.3. The van der Waals surface area contributed by atoms with Crippen LogP contribution in [0.4, 0.5) is 9.59 Å². The molecule has 2 amide bonds. The van der Waals surface area contributed by atoms with Crippen LogP contribution >= 0.6 is 0 Å². The Morgan fingerprint density at radius 2 is 1.16 bits per heavy atom. The Balaban J connectivity index is 1.28. The van der Waals surface area contributed by atoms with Crippen LogP contribution in [0.2, 0.25) is 0 Å². The van der Waals surface area contributed by atoms with Crippen LogP contribution in [0.3, 0.4) is 0 Å². The average Bonchev–Trinajstić information content (AvgIpc) is 3.30. The van der Waals surface area contributed by atoms with Gasteiger partial charge in [0.15, 0.2) is 5.79 Å². The minimum atomic E-state index is -1.46. The zero-order valence-electron chi connectivity index (χ0n) is 21.0. The van der Waals surface area contributed by atoms with E-state index in [4.69, 9.17) is 18.9 Å². The highest BCUT2D eigenvalue weighted by Crippen LogP contribution is 2.45. The summed E-state index contributed by atoms with van der Waals surface area (Å²) in [6.45, 7) is 0.0930. The number of rotatable bonds is 6. The maximum atomic E-state index is 12.7. The number of carbonyl (C=O) groups excluding carboxylic acids is 2. The molecule has 1 saturated heterocycles. The van der Waals surface area contributed by atoms with Gasteiger partial charge in [0.1, 0.15) is 37.6 Å². The molecule has 10 heteroatoms. The maximum absolute atomic E-state index is 12.7. The van der Waals surface area contributed by atoms with E-state index in [1.807, 2.05) is 60.7 Å². The molecular weight excluding hydrogens is 492 g/mol. The van der Waals surface area contributed by atoms with Crippen LogP contribution < -0.4 is 10.6 Å². The molecule has 6 atom stereocenters. The molecule has 0 bridgehead atoms. The van der Waals surface area contributed by atoms with E-state index in [0.717, 1.165) is 30.4 Å². The molecule has 2 saturated carbocycles. The molecule has 1 heterocycles. The van der Waals surface area contributed by atoms with Gasteiger partial charge in [-0.25, -0.2) is 9.59 Å². The molecule has 2 aliphatic carbocycles. The predicted molar refractivity (Wildman–Crippen MR) is 135 cm³/mol. The van der Waals surface area contributed by atoms with Crippen LogP contribution in [0.25, 0.3) is 0 Å². The number of alkyl carbamates (subject to hydrolysis) is 2. The largest absolute Gasteiger partial charge is 0.445 e. The molecule has 3 aliphatic rings. The summed E-state index contributed by atoms with van der Waals surface area (Å²) in [6, 6.07) is 16.4. The number of hydrogen-bond donors (Lipinski definition) is 4. The second kappa shape index (κ2) is 11.7. The van der Waals surface area contributed by atoms with E-state index in [0.29, 0.717) is 12.8 Å². The van der Waals surface area contributed by atoms with Gasteiger partial charge in [-0.15, -0.1) is 0 Å². The first-order valence-electron chi connectivity index (χ1n) is 13.1. The van der Waals surface area contributed by atoms with Crippen LogP contribution in [0.1, 0.15) is 43.2 Å². The van der Waals surface area contributed by atoms with Crippen molar-refractivity contribution in [2.24, 2.45) is 0 Å². The van der Waals surface area contributed by atoms with E-state index in [-0.39, 0.29) is 13.2 Å². The predicted octanol–water partition coefficient (Wildman–Crippen LogP) is 2.76. The molecule has 0 radical (unpaired) electrons. The lowest BCUT2D eigenvalue weighted by molar-refractivity contribution is -0.196. The Morgan fingerprint density at radius 3 is 1.58 bits per heavy atom. The van der Waals surface area contributed by atoms with Crippen LogP contribution in [0.5, 0.6) is 0 Å². The number of fused-ring (bicyclic) bond motifs is 1. The second-order valence-corrected chi connectivity index (χ2v) is 10.1. The van der Waals surface area contributed by atoms with Gasteiger partial charge in [-0.2, -0.15) is 0 Å². The van der Waals surface area contributed by atoms with Gasteiger partial charge in [0.05, 0.1) is 12.1 Å². The van der Waals surface area contributed by atoms with Gasteiger partial charge in [-0.1, -0.05) is 67.1 Å². The molecule has 1 spiro atoms. The van der Waals surface area contributed by atoms with Crippen molar-refractivity contribution in [1.82, 2.24) is 10.6 Å². The van der Waals surface area contributed by atoms with Crippen molar-refractivity contribution in [3.05, 3.63) is 71.8 Å². The molecule has 38 heavy (non-hydrogen) atoms. The molecule has 0 aromatic heterocycles. The number of carbonyl (C=O) groups is 2. The summed E-state index contributed by atoms with van der Waals surface area (Å²) < 4.78 is 23.4. The number of ether oxygens (including phenoxy) is 4. The first kappa shape index (κ1) is 26.4. The van der Waals surface area contributed by atoms with E-state index in [2.05, 4.69) is 10.6 Å². The van der Waals surface area contributed by atoms with Gasteiger partial charge in [-0.3, -0.25) is 0 Å². The Hall–Kier alpha value is -3.18. The topological polar surface area (TPSA) is 136 Å². The van der Waals surface area contributed by atoms with Crippen molar-refractivity contribution in [2.45, 2.75) is 87.6 Å². The highest BCUT2D eigenvalue weighted by Gasteiger charge is 2.61. The summed E-state index contributed by atoms with van der Waals surface area (Å²) in [6.07, 6.45) is -1.94. The van der Waals surface area contributed by atoms with E-state index < -0.39 is 54.5 Å². The molecule has 10 nitrogen and oxygen atoms in total. The van der Waals surface area contributed by atoms with E-state index >= 15 is 0 Å². The molecule has 1 aliphatic heterocycles. The molecule has 0 unspecified atom stereocenters. The Labute approximate surface area is 221 Å². The van der Waals surface area contributed by atoms with Crippen LogP contribution in [-0.2, 0) is 32.2 Å². The fourth-order valence-corrected chi connectivity index (χ4v) is 5.49. The van der Waals surface area contributed by atoms with Crippen molar-refractivity contribution in [3.8, 4) is 0 Å². The minimum absolute atomic E-state index is 0.0465. The third-order valence-corrected chi connectivity index (χ3v) is 7.43. The number of benzene rings is 2. The summed E-state index contributed by atoms with van der Waals surface area (Å²) in [5.41, 5.74) is 1.62. The zero-order chi connectivity index (χ0) is 26.5. The van der Waals surface area contributed by atoms with Crippen molar-refractivity contribution in [3.63, 3.8) is 0 Å². The lowest BCUT2D eigenvalue weighted by atomic mass is 9.81. The molecule has 4 N–H and O–H groups in total. The summed E-state index contributed by atoms with van der Waals surface area (Å²) in [5.74, 6) is -0.904. The molecular formula is C28H34N2O8. The Kier molecular flexibility index (Phi) is 8.13.